The van der Waals surface area contributed by atoms with Gasteiger partial charge in [0.25, 0.3) is 0 Å². The van der Waals surface area contributed by atoms with Crippen molar-refractivity contribution in [1.82, 2.24) is 4.90 Å². The molecule has 0 spiro atoms. The fraction of sp³-hybridized carbons (Fsp3) is 0.200. The largest absolute Gasteiger partial charge is 0.351 e. The number of fused-ring (bicyclic) bond motifs is 2. The van der Waals surface area contributed by atoms with Gasteiger partial charge in [-0.2, -0.15) is 0 Å². The molecule has 3 amide bonds. The van der Waals surface area contributed by atoms with Crippen LogP contribution in [0.3, 0.4) is 0 Å². The number of nitrogens with two attached hydrogens (primary N) is 1. The van der Waals surface area contributed by atoms with Gasteiger partial charge in [-0.15, -0.1) is 0 Å². The monoisotopic (exact) mass is 335 g/mol. The van der Waals surface area contributed by atoms with Crippen molar-refractivity contribution in [1.29, 1.82) is 0 Å². The lowest BCUT2D eigenvalue weighted by Crippen LogP contribution is -2.32. The molecule has 128 valence electrons. The highest BCUT2D eigenvalue weighted by atomic mass is 16.2. The van der Waals surface area contributed by atoms with Crippen LogP contribution in [0.25, 0.3) is 12.2 Å². The molecule has 1 saturated heterocycles. The molecule has 2 N–H and O–H groups in total. The fourth-order valence-corrected chi connectivity index (χ4v) is 2.99. The first-order valence-corrected chi connectivity index (χ1v) is 8.27. The van der Waals surface area contributed by atoms with E-state index in [1.165, 1.54) is 0 Å². The Morgan fingerprint density at radius 1 is 0.960 bits per heavy atom. The molecule has 2 aliphatic heterocycles. The summed E-state index contributed by atoms with van der Waals surface area (Å²) >= 11 is 0. The van der Waals surface area contributed by atoms with E-state index in [4.69, 9.17) is 5.73 Å². The quantitative estimate of drug-likeness (QED) is 0.799. The zero-order chi connectivity index (χ0) is 17.8. The van der Waals surface area contributed by atoms with Crippen molar-refractivity contribution in [2.75, 3.05) is 18.5 Å². The van der Waals surface area contributed by atoms with Gasteiger partial charge in [-0.1, -0.05) is 48.6 Å². The van der Waals surface area contributed by atoms with Gasteiger partial charge >= 0.3 is 6.03 Å². The second-order valence-electron chi connectivity index (χ2n) is 6.04. The van der Waals surface area contributed by atoms with Gasteiger partial charge in [-0.25, -0.2) is 4.79 Å². The Morgan fingerprint density at radius 3 is 1.84 bits per heavy atom. The molecule has 0 unspecified atom stereocenters. The van der Waals surface area contributed by atoms with Gasteiger partial charge < -0.3 is 10.6 Å². The van der Waals surface area contributed by atoms with Crippen LogP contribution in [0.15, 0.2) is 48.5 Å². The first-order chi connectivity index (χ1) is 12.1. The van der Waals surface area contributed by atoms with E-state index in [9.17, 15) is 9.59 Å². The Labute approximate surface area is 147 Å². The minimum absolute atomic E-state index is 0.292. The van der Waals surface area contributed by atoms with E-state index in [-0.39, 0.29) is 0 Å². The average Bonchev–Trinajstić information content (AvgIpc) is 2.90. The lowest BCUT2D eigenvalue weighted by molar-refractivity contribution is -0.126. The molecule has 25 heavy (non-hydrogen) atoms. The number of urea groups is 1. The Bertz CT molecular complexity index is 780. The van der Waals surface area contributed by atoms with Gasteiger partial charge in [-0.05, 0) is 29.7 Å². The first kappa shape index (κ1) is 16.8. The summed E-state index contributed by atoms with van der Waals surface area (Å²) in [7, 11) is 1.84. The SMILES string of the molecule is CN1CCCC1=O.NC(=O)N1c2ccccc2C=Cc2ccccc21. The molecule has 4 rings (SSSR count). The van der Waals surface area contributed by atoms with Crippen molar-refractivity contribution >= 4 is 35.5 Å². The van der Waals surface area contributed by atoms with E-state index in [0.717, 1.165) is 41.9 Å². The van der Waals surface area contributed by atoms with Gasteiger partial charge in [0.2, 0.25) is 5.91 Å². The number of nitrogens with zero attached hydrogens (tertiary/aromatic N) is 2. The van der Waals surface area contributed by atoms with E-state index in [1.807, 2.05) is 67.7 Å². The van der Waals surface area contributed by atoms with E-state index in [0.29, 0.717) is 5.91 Å². The summed E-state index contributed by atoms with van der Waals surface area (Å²) in [5.74, 6) is 0.292. The number of rotatable bonds is 0. The van der Waals surface area contributed by atoms with E-state index >= 15 is 0 Å². The van der Waals surface area contributed by atoms with Gasteiger partial charge in [0.1, 0.15) is 0 Å². The molecule has 5 heteroatoms. The van der Waals surface area contributed by atoms with Crippen LogP contribution in [0.4, 0.5) is 16.2 Å². The van der Waals surface area contributed by atoms with Gasteiger partial charge in [0, 0.05) is 20.0 Å². The second-order valence-corrected chi connectivity index (χ2v) is 6.04. The highest BCUT2D eigenvalue weighted by molar-refractivity contribution is 6.04. The van der Waals surface area contributed by atoms with E-state index < -0.39 is 6.03 Å². The van der Waals surface area contributed by atoms with Gasteiger partial charge in [0.15, 0.2) is 0 Å². The van der Waals surface area contributed by atoms with Crippen LogP contribution in [0.1, 0.15) is 24.0 Å². The van der Waals surface area contributed by atoms with Crippen LogP contribution in [-0.4, -0.2) is 30.4 Å². The highest BCUT2D eigenvalue weighted by Gasteiger charge is 2.21. The normalized spacial score (nSPS) is 15.0. The zero-order valence-electron chi connectivity index (χ0n) is 14.2. The molecular formula is C20H21N3O2. The lowest BCUT2D eigenvalue weighted by atomic mass is 10.1. The topological polar surface area (TPSA) is 66.6 Å². The molecule has 0 aliphatic carbocycles. The molecule has 0 aromatic heterocycles. The van der Waals surface area contributed by atoms with Crippen LogP contribution in [-0.2, 0) is 4.79 Å². The molecule has 2 aliphatic rings. The van der Waals surface area contributed by atoms with Crippen LogP contribution in [0.2, 0.25) is 0 Å². The summed E-state index contributed by atoms with van der Waals surface area (Å²) in [4.78, 5) is 25.6. The maximum absolute atomic E-state index is 11.8. The second kappa shape index (κ2) is 7.21. The van der Waals surface area contributed by atoms with E-state index in [1.54, 1.807) is 9.80 Å². The minimum atomic E-state index is -0.474. The number of amides is 3. The molecule has 2 aromatic carbocycles. The molecular weight excluding hydrogens is 314 g/mol. The summed E-state index contributed by atoms with van der Waals surface area (Å²) in [6.07, 6.45) is 5.81. The van der Waals surface area contributed by atoms with Crippen molar-refractivity contribution < 1.29 is 9.59 Å². The number of carbonyl (C=O) groups is 2. The third-order valence-corrected chi connectivity index (χ3v) is 4.33. The van der Waals surface area contributed by atoms with Crippen LogP contribution in [0.5, 0.6) is 0 Å². The minimum Gasteiger partial charge on any atom is -0.351 e. The molecule has 2 heterocycles. The maximum Gasteiger partial charge on any atom is 0.323 e. The summed E-state index contributed by atoms with van der Waals surface area (Å²) in [5, 5.41) is 0. The first-order valence-electron chi connectivity index (χ1n) is 8.27. The summed E-state index contributed by atoms with van der Waals surface area (Å²) in [6, 6.07) is 14.9. The van der Waals surface area contributed by atoms with Crippen LogP contribution >= 0.6 is 0 Å². The average molecular weight is 335 g/mol. The van der Waals surface area contributed by atoms with Crippen molar-refractivity contribution in [2.24, 2.45) is 5.73 Å². The predicted molar refractivity (Wildman–Crippen MR) is 100 cm³/mol. The van der Waals surface area contributed by atoms with Crippen LogP contribution in [0, 0.1) is 0 Å². The fourth-order valence-electron chi connectivity index (χ4n) is 2.99. The summed E-state index contributed by atoms with van der Waals surface area (Å²) in [5.41, 5.74) is 9.11. The molecule has 0 bridgehead atoms. The molecule has 0 saturated carbocycles. The third-order valence-electron chi connectivity index (χ3n) is 4.33. The number of hydrogen-bond donors (Lipinski definition) is 1. The number of likely N-dealkylation sites (tertiary alicyclic amines) is 1. The smallest absolute Gasteiger partial charge is 0.323 e. The molecule has 0 radical (unpaired) electrons. The van der Waals surface area contributed by atoms with Crippen molar-refractivity contribution in [2.45, 2.75) is 12.8 Å². The maximum atomic E-state index is 11.8. The molecule has 5 nitrogen and oxygen atoms in total. The number of para-hydroxylation sites is 2. The van der Waals surface area contributed by atoms with Crippen molar-refractivity contribution in [3.05, 3.63) is 59.7 Å². The molecule has 1 fully saturated rings. The Kier molecular flexibility index (Phi) is 4.84. The lowest BCUT2D eigenvalue weighted by Gasteiger charge is -2.22. The highest BCUT2D eigenvalue weighted by Crippen LogP contribution is 2.35. The summed E-state index contributed by atoms with van der Waals surface area (Å²) in [6.45, 7) is 0.957. The Hall–Kier alpha value is -3.08. The van der Waals surface area contributed by atoms with Crippen molar-refractivity contribution in [3.63, 3.8) is 0 Å². The van der Waals surface area contributed by atoms with Crippen LogP contribution < -0.4 is 10.6 Å². The Morgan fingerprint density at radius 2 is 1.48 bits per heavy atom. The van der Waals surface area contributed by atoms with Gasteiger partial charge in [-0.3, -0.25) is 9.69 Å². The number of primary amides is 1. The third kappa shape index (κ3) is 3.55. The standard InChI is InChI=1S/C15H12N2O.C5H9NO/c16-15(18)17-13-7-3-1-5-11(13)9-10-12-6-2-4-8-14(12)17;1-6-4-2-3-5(6)7/h1-10H,(H2,16,18);2-4H2,1H3. The van der Waals surface area contributed by atoms with Crippen molar-refractivity contribution in [3.8, 4) is 0 Å². The molecule has 0 atom stereocenters. The molecule has 2 aromatic rings. The van der Waals surface area contributed by atoms with Gasteiger partial charge in [0.05, 0.1) is 11.4 Å². The number of anilines is 2. The predicted octanol–water partition coefficient (Wildman–Crippen LogP) is 3.63. The number of hydrogen-bond acceptors (Lipinski definition) is 2. The van der Waals surface area contributed by atoms with E-state index in [2.05, 4.69) is 0 Å². The number of benzene rings is 2. The number of carbonyl (C=O) groups excluding carboxylic acids is 2. The summed E-state index contributed by atoms with van der Waals surface area (Å²) < 4.78 is 0. The zero-order valence-corrected chi connectivity index (χ0v) is 14.2. The Balaban J connectivity index is 0.000000219.